The number of methoxy groups -OCH3 is 1. The Balaban J connectivity index is 1.79. The van der Waals surface area contributed by atoms with Crippen molar-refractivity contribution in [3.63, 3.8) is 0 Å². The Labute approximate surface area is 112 Å². The second kappa shape index (κ2) is 5.02. The standard InChI is InChI=1S/C15H17N3O/c1-19-15(9-4-5-10-15)11-6-12-18-14-8-3-2-7-13(14)16-17-18/h2-3,7-8H,4-5,9-10,12H2,1H3. The maximum Gasteiger partial charge on any atom is 0.128 e. The first kappa shape index (κ1) is 12.2. The van der Waals surface area contributed by atoms with Crippen molar-refractivity contribution in [2.75, 3.05) is 7.11 Å². The summed E-state index contributed by atoms with van der Waals surface area (Å²) in [6.07, 6.45) is 4.48. The lowest BCUT2D eigenvalue weighted by atomic mass is 10.0. The Kier molecular flexibility index (Phi) is 3.22. The number of benzene rings is 1. The minimum atomic E-state index is -0.226. The van der Waals surface area contributed by atoms with Gasteiger partial charge in [0.15, 0.2) is 0 Å². The molecular formula is C15H17N3O. The molecule has 4 heteroatoms. The van der Waals surface area contributed by atoms with Gasteiger partial charge in [-0.1, -0.05) is 29.2 Å². The Bertz CT molecular complexity index is 629. The van der Waals surface area contributed by atoms with Crippen LogP contribution in [0.4, 0.5) is 0 Å². The van der Waals surface area contributed by atoms with E-state index in [0.29, 0.717) is 6.54 Å². The van der Waals surface area contributed by atoms with Gasteiger partial charge in [0.25, 0.3) is 0 Å². The third-order valence-electron chi connectivity index (χ3n) is 3.77. The number of hydrogen-bond acceptors (Lipinski definition) is 3. The highest BCUT2D eigenvalue weighted by Gasteiger charge is 2.31. The second-order valence-electron chi connectivity index (χ2n) is 4.94. The van der Waals surface area contributed by atoms with Crippen molar-refractivity contribution < 1.29 is 4.74 Å². The zero-order valence-electron chi connectivity index (χ0n) is 11.1. The van der Waals surface area contributed by atoms with Crippen molar-refractivity contribution in [1.29, 1.82) is 0 Å². The number of hydrogen-bond donors (Lipinski definition) is 0. The van der Waals surface area contributed by atoms with Crippen LogP contribution in [0, 0.1) is 11.8 Å². The number of ether oxygens (including phenoxy) is 1. The molecule has 98 valence electrons. The van der Waals surface area contributed by atoms with Crippen molar-refractivity contribution in [1.82, 2.24) is 15.0 Å². The van der Waals surface area contributed by atoms with Crippen LogP contribution < -0.4 is 0 Å². The molecule has 1 heterocycles. The summed E-state index contributed by atoms with van der Waals surface area (Å²) in [4.78, 5) is 0. The zero-order chi connectivity index (χ0) is 13.1. The lowest BCUT2D eigenvalue weighted by Crippen LogP contribution is -2.24. The van der Waals surface area contributed by atoms with Crippen LogP contribution in [0.3, 0.4) is 0 Å². The van der Waals surface area contributed by atoms with Crippen LogP contribution in [-0.4, -0.2) is 27.7 Å². The lowest BCUT2D eigenvalue weighted by Gasteiger charge is -2.19. The van der Waals surface area contributed by atoms with Gasteiger partial charge in [0, 0.05) is 7.11 Å². The molecule has 1 fully saturated rings. The number of nitrogens with zero attached hydrogens (tertiary/aromatic N) is 3. The van der Waals surface area contributed by atoms with Gasteiger partial charge in [-0.25, -0.2) is 4.68 Å². The fourth-order valence-electron chi connectivity index (χ4n) is 2.64. The molecule has 1 aliphatic carbocycles. The van der Waals surface area contributed by atoms with Gasteiger partial charge in [0.2, 0.25) is 0 Å². The Morgan fingerprint density at radius 1 is 1.32 bits per heavy atom. The van der Waals surface area contributed by atoms with Crippen molar-refractivity contribution >= 4 is 11.0 Å². The van der Waals surface area contributed by atoms with Gasteiger partial charge < -0.3 is 4.74 Å². The molecule has 0 saturated heterocycles. The van der Waals surface area contributed by atoms with Crippen LogP contribution in [0.25, 0.3) is 11.0 Å². The van der Waals surface area contributed by atoms with Gasteiger partial charge in [0.1, 0.15) is 17.7 Å². The van der Waals surface area contributed by atoms with E-state index >= 15 is 0 Å². The molecule has 0 aliphatic heterocycles. The predicted molar refractivity (Wildman–Crippen MR) is 73.5 cm³/mol. The molecule has 0 spiro atoms. The van der Waals surface area contributed by atoms with E-state index in [4.69, 9.17) is 4.74 Å². The summed E-state index contributed by atoms with van der Waals surface area (Å²) >= 11 is 0. The molecule has 4 nitrogen and oxygen atoms in total. The van der Waals surface area contributed by atoms with Gasteiger partial charge in [-0.05, 0) is 37.8 Å². The SMILES string of the molecule is COC1(C#CCn2nnc3ccccc32)CCCC1. The van der Waals surface area contributed by atoms with E-state index < -0.39 is 0 Å². The molecule has 1 saturated carbocycles. The summed E-state index contributed by atoms with van der Waals surface area (Å²) in [5.74, 6) is 6.49. The van der Waals surface area contributed by atoms with Crippen molar-refractivity contribution in [2.45, 2.75) is 37.8 Å². The van der Waals surface area contributed by atoms with Crippen LogP contribution in [-0.2, 0) is 11.3 Å². The first-order chi connectivity index (χ1) is 9.33. The van der Waals surface area contributed by atoms with E-state index in [1.807, 2.05) is 28.9 Å². The van der Waals surface area contributed by atoms with E-state index in [1.165, 1.54) is 12.8 Å². The maximum absolute atomic E-state index is 5.59. The quantitative estimate of drug-likeness (QED) is 0.774. The van der Waals surface area contributed by atoms with E-state index in [2.05, 4.69) is 22.2 Å². The molecule has 2 aromatic rings. The monoisotopic (exact) mass is 255 g/mol. The maximum atomic E-state index is 5.59. The Morgan fingerprint density at radius 2 is 2.11 bits per heavy atom. The fourth-order valence-corrected chi connectivity index (χ4v) is 2.64. The average molecular weight is 255 g/mol. The number of para-hydroxylation sites is 1. The Morgan fingerprint density at radius 3 is 2.89 bits per heavy atom. The van der Waals surface area contributed by atoms with Crippen LogP contribution in [0.2, 0.25) is 0 Å². The average Bonchev–Trinajstić information content (AvgIpc) is 3.07. The number of fused-ring (bicyclic) bond motifs is 1. The van der Waals surface area contributed by atoms with Crippen molar-refractivity contribution in [2.24, 2.45) is 0 Å². The van der Waals surface area contributed by atoms with Gasteiger partial charge in [-0.3, -0.25) is 0 Å². The largest absolute Gasteiger partial charge is 0.366 e. The molecule has 1 aromatic carbocycles. The summed E-state index contributed by atoms with van der Waals surface area (Å²) in [6, 6.07) is 7.92. The van der Waals surface area contributed by atoms with Crippen LogP contribution in [0.1, 0.15) is 25.7 Å². The minimum Gasteiger partial charge on any atom is -0.366 e. The van der Waals surface area contributed by atoms with Gasteiger partial charge in [0.05, 0.1) is 5.52 Å². The molecular weight excluding hydrogens is 238 g/mol. The summed E-state index contributed by atoms with van der Waals surface area (Å²) in [5, 5.41) is 8.25. The smallest absolute Gasteiger partial charge is 0.128 e. The molecule has 0 N–H and O–H groups in total. The molecule has 0 bridgehead atoms. The van der Waals surface area contributed by atoms with Gasteiger partial charge in [-0.2, -0.15) is 0 Å². The molecule has 19 heavy (non-hydrogen) atoms. The molecule has 1 aliphatic rings. The van der Waals surface area contributed by atoms with Crippen LogP contribution >= 0.6 is 0 Å². The van der Waals surface area contributed by atoms with E-state index in [-0.39, 0.29) is 5.60 Å². The van der Waals surface area contributed by atoms with Crippen molar-refractivity contribution in [3.8, 4) is 11.8 Å². The first-order valence-corrected chi connectivity index (χ1v) is 6.66. The van der Waals surface area contributed by atoms with Crippen LogP contribution in [0.5, 0.6) is 0 Å². The van der Waals surface area contributed by atoms with Crippen LogP contribution in [0.15, 0.2) is 24.3 Å². The molecule has 0 radical (unpaired) electrons. The van der Waals surface area contributed by atoms with Gasteiger partial charge in [-0.15, -0.1) is 5.10 Å². The highest BCUT2D eigenvalue weighted by atomic mass is 16.5. The highest BCUT2D eigenvalue weighted by molar-refractivity contribution is 5.73. The normalized spacial score (nSPS) is 17.3. The molecule has 0 amide bonds. The molecule has 3 rings (SSSR count). The summed E-state index contributed by atoms with van der Waals surface area (Å²) in [6.45, 7) is 0.561. The lowest BCUT2D eigenvalue weighted by molar-refractivity contribution is 0.0473. The molecule has 0 atom stereocenters. The van der Waals surface area contributed by atoms with Gasteiger partial charge >= 0.3 is 0 Å². The summed E-state index contributed by atoms with van der Waals surface area (Å²) in [7, 11) is 1.75. The topological polar surface area (TPSA) is 39.9 Å². The van der Waals surface area contributed by atoms with Crippen molar-refractivity contribution in [3.05, 3.63) is 24.3 Å². The first-order valence-electron chi connectivity index (χ1n) is 6.66. The Hall–Kier alpha value is -1.86. The third-order valence-corrected chi connectivity index (χ3v) is 3.77. The highest BCUT2D eigenvalue weighted by Crippen LogP contribution is 2.31. The third kappa shape index (κ3) is 2.34. The minimum absolute atomic E-state index is 0.226. The summed E-state index contributed by atoms with van der Waals surface area (Å²) < 4.78 is 7.42. The number of rotatable bonds is 2. The fraction of sp³-hybridized carbons (Fsp3) is 0.467. The van der Waals surface area contributed by atoms with E-state index in [0.717, 1.165) is 23.9 Å². The van der Waals surface area contributed by atoms with E-state index in [9.17, 15) is 0 Å². The zero-order valence-corrected chi connectivity index (χ0v) is 11.1. The predicted octanol–water partition coefficient (Wildman–Crippen LogP) is 2.39. The second-order valence-corrected chi connectivity index (χ2v) is 4.94. The van der Waals surface area contributed by atoms with E-state index in [1.54, 1.807) is 7.11 Å². The molecule has 0 unspecified atom stereocenters. The molecule has 1 aromatic heterocycles. The summed E-state index contributed by atoms with van der Waals surface area (Å²) in [5.41, 5.74) is 1.71. The number of aromatic nitrogens is 3.